The molecule has 16 heavy (non-hydrogen) atoms. The summed E-state index contributed by atoms with van der Waals surface area (Å²) in [5.74, 6) is 0.118. The first-order valence-corrected chi connectivity index (χ1v) is 5.65. The van der Waals surface area contributed by atoms with Crippen molar-refractivity contribution in [3.05, 3.63) is 51.5 Å². The molecule has 2 rings (SSSR count). The van der Waals surface area contributed by atoms with E-state index in [2.05, 4.69) is 0 Å². The number of benzene rings is 2. The summed E-state index contributed by atoms with van der Waals surface area (Å²) in [5, 5.41) is 10.9. The third-order valence-electron chi connectivity index (χ3n) is 2.17. The summed E-state index contributed by atoms with van der Waals surface area (Å²) in [7, 11) is 0. The predicted molar refractivity (Wildman–Crippen MR) is 68.6 cm³/mol. The smallest absolute Gasteiger partial charge is 0.117 e. The minimum Gasteiger partial charge on any atom is -0.508 e. The summed E-state index contributed by atoms with van der Waals surface area (Å²) in [6.07, 6.45) is 0. The third kappa shape index (κ3) is 2.27. The molecule has 0 spiro atoms. The summed E-state index contributed by atoms with van der Waals surface area (Å²) in [6, 6.07) is 9.88. The molecule has 2 aromatic carbocycles. The molecule has 0 fully saturated rings. The van der Waals surface area contributed by atoms with Crippen LogP contribution in [0.3, 0.4) is 0 Å². The highest BCUT2D eigenvalue weighted by atomic mass is 35.5. The average Bonchev–Trinajstić information content (AvgIpc) is 2.22. The number of rotatable bonds is 1. The van der Waals surface area contributed by atoms with Crippen molar-refractivity contribution in [3.8, 4) is 16.9 Å². The summed E-state index contributed by atoms with van der Waals surface area (Å²) in [5.41, 5.74) is 1.49. The fourth-order valence-electron chi connectivity index (χ4n) is 1.43. The molecule has 0 saturated carbocycles. The lowest BCUT2D eigenvalue weighted by atomic mass is 10.1. The van der Waals surface area contributed by atoms with Gasteiger partial charge in [0.2, 0.25) is 0 Å². The minimum atomic E-state index is 0.118. The fraction of sp³-hybridized carbons (Fsp3) is 0. The van der Waals surface area contributed by atoms with Crippen LogP contribution in [0.2, 0.25) is 15.1 Å². The van der Waals surface area contributed by atoms with Gasteiger partial charge in [-0.2, -0.15) is 0 Å². The van der Waals surface area contributed by atoms with E-state index in [1.54, 1.807) is 30.3 Å². The molecule has 0 heterocycles. The second-order valence-electron chi connectivity index (χ2n) is 3.29. The summed E-state index contributed by atoms with van der Waals surface area (Å²) in [6.45, 7) is 0. The van der Waals surface area contributed by atoms with E-state index < -0.39 is 0 Å². The van der Waals surface area contributed by atoms with Gasteiger partial charge in [-0.15, -0.1) is 0 Å². The lowest BCUT2D eigenvalue weighted by Crippen LogP contribution is -1.81. The highest BCUT2D eigenvalue weighted by molar-refractivity contribution is 6.37. The summed E-state index contributed by atoms with van der Waals surface area (Å²) < 4.78 is 0. The standard InChI is InChI=1S/C12H7Cl3O/c13-7-1-4-11(14)10(5-7)9-3-2-8(16)6-12(9)15/h1-6,16H. The maximum atomic E-state index is 9.26. The molecular weight excluding hydrogens is 266 g/mol. The molecule has 0 aromatic heterocycles. The number of hydrogen-bond acceptors (Lipinski definition) is 1. The third-order valence-corrected chi connectivity index (χ3v) is 3.05. The Morgan fingerprint density at radius 2 is 1.50 bits per heavy atom. The van der Waals surface area contributed by atoms with Gasteiger partial charge in [-0.05, 0) is 36.4 Å². The maximum absolute atomic E-state index is 9.26. The van der Waals surface area contributed by atoms with Crippen molar-refractivity contribution in [2.45, 2.75) is 0 Å². The van der Waals surface area contributed by atoms with Gasteiger partial charge in [0.05, 0.1) is 5.02 Å². The van der Waals surface area contributed by atoms with Gasteiger partial charge in [0.15, 0.2) is 0 Å². The van der Waals surface area contributed by atoms with Crippen LogP contribution < -0.4 is 0 Å². The van der Waals surface area contributed by atoms with Crippen LogP contribution in [0.25, 0.3) is 11.1 Å². The van der Waals surface area contributed by atoms with E-state index in [4.69, 9.17) is 34.8 Å². The fourth-order valence-corrected chi connectivity index (χ4v) is 2.09. The van der Waals surface area contributed by atoms with E-state index >= 15 is 0 Å². The van der Waals surface area contributed by atoms with Gasteiger partial charge in [-0.1, -0.05) is 34.8 Å². The second-order valence-corrected chi connectivity index (χ2v) is 4.54. The lowest BCUT2D eigenvalue weighted by Gasteiger charge is -2.07. The molecule has 0 aliphatic carbocycles. The van der Waals surface area contributed by atoms with E-state index in [-0.39, 0.29) is 5.75 Å². The zero-order valence-corrected chi connectivity index (χ0v) is 10.3. The van der Waals surface area contributed by atoms with Crippen molar-refractivity contribution < 1.29 is 5.11 Å². The van der Waals surface area contributed by atoms with Crippen LogP contribution in [0.5, 0.6) is 5.75 Å². The van der Waals surface area contributed by atoms with Crippen LogP contribution in [-0.4, -0.2) is 5.11 Å². The predicted octanol–water partition coefficient (Wildman–Crippen LogP) is 5.02. The molecule has 0 aliphatic rings. The van der Waals surface area contributed by atoms with E-state index in [0.29, 0.717) is 15.1 Å². The SMILES string of the molecule is Oc1ccc(-c2cc(Cl)ccc2Cl)c(Cl)c1. The second kappa shape index (κ2) is 4.54. The quantitative estimate of drug-likeness (QED) is 0.773. The van der Waals surface area contributed by atoms with Crippen molar-refractivity contribution in [2.75, 3.05) is 0 Å². The Bertz CT molecular complexity index is 538. The van der Waals surface area contributed by atoms with Crippen molar-refractivity contribution in [3.63, 3.8) is 0 Å². The molecule has 0 radical (unpaired) electrons. The molecule has 1 nitrogen and oxygen atoms in total. The lowest BCUT2D eigenvalue weighted by molar-refractivity contribution is 0.475. The first kappa shape index (κ1) is 11.6. The van der Waals surface area contributed by atoms with Gasteiger partial charge in [0.1, 0.15) is 5.75 Å². The van der Waals surface area contributed by atoms with Gasteiger partial charge >= 0.3 is 0 Å². The average molecular weight is 274 g/mol. The number of hydrogen-bond donors (Lipinski definition) is 1. The molecule has 82 valence electrons. The van der Waals surface area contributed by atoms with Crippen LogP contribution in [0.1, 0.15) is 0 Å². The first-order chi connectivity index (χ1) is 7.58. The normalized spacial score (nSPS) is 10.4. The molecule has 0 amide bonds. The number of phenols is 1. The van der Waals surface area contributed by atoms with Gasteiger partial charge in [-0.3, -0.25) is 0 Å². The molecular formula is C12H7Cl3O. The highest BCUT2D eigenvalue weighted by Gasteiger charge is 2.08. The number of halogens is 3. The minimum absolute atomic E-state index is 0.118. The maximum Gasteiger partial charge on any atom is 0.117 e. The van der Waals surface area contributed by atoms with Gasteiger partial charge in [-0.25, -0.2) is 0 Å². The van der Waals surface area contributed by atoms with Crippen LogP contribution in [0, 0.1) is 0 Å². The summed E-state index contributed by atoms with van der Waals surface area (Å²) >= 11 is 18.0. The van der Waals surface area contributed by atoms with E-state index in [1.807, 2.05) is 0 Å². The Morgan fingerprint density at radius 3 is 2.19 bits per heavy atom. The van der Waals surface area contributed by atoms with E-state index in [0.717, 1.165) is 11.1 Å². The molecule has 2 aromatic rings. The number of phenolic OH excluding ortho intramolecular Hbond substituents is 1. The van der Waals surface area contributed by atoms with E-state index in [1.165, 1.54) is 6.07 Å². The zero-order valence-electron chi connectivity index (χ0n) is 8.05. The molecule has 0 bridgehead atoms. The Labute approximate surface area is 108 Å². The van der Waals surface area contributed by atoms with Crippen molar-refractivity contribution in [1.29, 1.82) is 0 Å². The molecule has 4 heteroatoms. The van der Waals surface area contributed by atoms with Crippen molar-refractivity contribution in [2.24, 2.45) is 0 Å². The van der Waals surface area contributed by atoms with Crippen molar-refractivity contribution in [1.82, 2.24) is 0 Å². The molecule has 0 aliphatic heterocycles. The Kier molecular flexibility index (Phi) is 3.29. The summed E-state index contributed by atoms with van der Waals surface area (Å²) in [4.78, 5) is 0. The largest absolute Gasteiger partial charge is 0.508 e. The van der Waals surface area contributed by atoms with Crippen LogP contribution in [-0.2, 0) is 0 Å². The van der Waals surface area contributed by atoms with E-state index in [9.17, 15) is 5.11 Å². The van der Waals surface area contributed by atoms with Gasteiger partial charge < -0.3 is 5.11 Å². The Hall–Kier alpha value is -0.890. The zero-order chi connectivity index (χ0) is 11.7. The van der Waals surface area contributed by atoms with Crippen LogP contribution in [0.4, 0.5) is 0 Å². The van der Waals surface area contributed by atoms with Gasteiger partial charge in [0.25, 0.3) is 0 Å². The molecule has 0 saturated heterocycles. The van der Waals surface area contributed by atoms with Crippen LogP contribution in [0.15, 0.2) is 36.4 Å². The highest BCUT2D eigenvalue weighted by Crippen LogP contribution is 2.36. The monoisotopic (exact) mass is 272 g/mol. The molecule has 0 unspecified atom stereocenters. The molecule has 1 N–H and O–H groups in total. The molecule has 0 atom stereocenters. The topological polar surface area (TPSA) is 20.2 Å². The Balaban J connectivity index is 2.62. The number of aromatic hydroxyl groups is 1. The Morgan fingerprint density at radius 1 is 0.750 bits per heavy atom. The van der Waals surface area contributed by atoms with Crippen LogP contribution >= 0.6 is 34.8 Å². The van der Waals surface area contributed by atoms with Gasteiger partial charge in [0, 0.05) is 21.2 Å². The van der Waals surface area contributed by atoms with Crippen molar-refractivity contribution >= 4 is 34.8 Å². The first-order valence-electron chi connectivity index (χ1n) is 4.52.